The molecule has 1 N–H and O–H groups in total. The first-order chi connectivity index (χ1) is 14.5. The third kappa shape index (κ3) is 4.14. The summed E-state index contributed by atoms with van der Waals surface area (Å²) in [5, 5.41) is 0.944. The number of amides is 1. The number of hydrogen-bond donors (Lipinski definition) is 1. The third-order valence-electron chi connectivity index (χ3n) is 4.40. The van der Waals surface area contributed by atoms with Gasteiger partial charge in [0, 0.05) is 16.7 Å². The Kier molecular flexibility index (Phi) is 5.41. The minimum atomic E-state index is -0.521. The molecule has 1 amide bonds. The Balaban J connectivity index is 1.74. The second kappa shape index (κ2) is 8.31. The van der Waals surface area contributed by atoms with Gasteiger partial charge in [-0.15, -0.1) is 0 Å². The van der Waals surface area contributed by atoms with E-state index in [0.29, 0.717) is 21.5 Å². The van der Waals surface area contributed by atoms with Gasteiger partial charge in [-0.3, -0.25) is 15.0 Å². The van der Waals surface area contributed by atoms with Gasteiger partial charge in [0.15, 0.2) is 5.82 Å². The van der Waals surface area contributed by atoms with Gasteiger partial charge < -0.3 is 0 Å². The Hall–Kier alpha value is -3.77. The largest absolute Gasteiger partial charge is 0.280 e. The van der Waals surface area contributed by atoms with Crippen molar-refractivity contribution in [3.63, 3.8) is 0 Å². The van der Waals surface area contributed by atoms with Gasteiger partial charge in [-0.25, -0.2) is 9.37 Å². The van der Waals surface area contributed by atoms with Crippen LogP contribution in [-0.4, -0.2) is 15.6 Å². The first-order valence-electron chi connectivity index (χ1n) is 9.04. The number of hydrogen-bond acceptors (Lipinski definition) is 3. The smallest absolute Gasteiger partial charge is 0.268 e. The van der Waals surface area contributed by atoms with Gasteiger partial charge in [0.1, 0.15) is 5.82 Å². The number of carbonyl (C=O) groups is 1. The van der Waals surface area contributed by atoms with Crippen molar-refractivity contribution in [3.05, 3.63) is 106 Å². The molecule has 0 spiro atoms. The molecule has 5 nitrogen and oxygen atoms in total. The molecule has 0 aliphatic heterocycles. The first-order valence-corrected chi connectivity index (χ1v) is 9.41. The summed E-state index contributed by atoms with van der Waals surface area (Å²) in [6.07, 6.45) is 2.90. The van der Waals surface area contributed by atoms with E-state index in [4.69, 9.17) is 11.6 Å². The maximum atomic E-state index is 13.4. The van der Waals surface area contributed by atoms with Crippen LogP contribution >= 0.6 is 11.6 Å². The number of fused-ring (bicyclic) bond motifs is 1. The summed E-state index contributed by atoms with van der Waals surface area (Å²) in [5.41, 5.74) is 3.86. The second-order valence-corrected chi connectivity index (χ2v) is 6.90. The van der Waals surface area contributed by atoms with Crippen molar-refractivity contribution < 1.29 is 9.18 Å². The Morgan fingerprint density at radius 2 is 1.70 bits per heavy atom. The van der Waals surface area contributed by atoms with Crippen LogP contribution in [0.5, 0.6) is 0 Å². The quantitative estimate of drug-likeness (QED) is 0.490. The predicted molar refractivity (Wildman–Crippen MR) is 116 cm³/mol. The first kappa shape index (κ1) is 19.5. The molecule has 0 aliphatic carbocycles. The summed E-state index contributed by atoms with van der Waals surface area (Å²) in [7, 11) is 0. The van der Waals surface area contributed by atoms with Gasteiger partial charge in [-0.05, 0) is 60.2 Å². The van der Waals surface area contributed by atoms with Crippen LogP contribution in [0.2, 0.25) is 5.02 Å². The SMILES string of the molecule is O=C(/C=C\c1ccc(Cl)cc1)Nn1c(-c2ccc(F)cc2)nc2ccccc2c1=O. The number of benzene rings is 3. The van der Waals surface area contributed by atoms with Crippen LogP contribution in [0.3, 0.4) is 0 Å². The highest BCUT2D eigenvalue weighted by molar-refractivity contribution is 6.30. The van der Waals surface area contributed by atoms with Crippen molar-refractivity contribution >= 4 is 34.5 Å². The van der Waals surface area contributed by atoms with Gasteiger partial charge in [-0.2, -0.15) is 4.68 Å². The molecule has 148 valence electrons. The van der Waals surface area contributed by atoms with E-state index >= 15 is 0 Å². The van der Waals surface area contributed by atoms with Crippen molar-refractivity contribution in [2.45, 2.75) is 0 Å². The number of rotatable bonds is 4. The van der Waals surface area contributed by atoms with Gasteiger partial charge in [0.05, 0.1) is 10.9 Å². The Morgan fingerprint density at radius 3 is 2.43 bits per heavy atom. The van der Waals surface area contributed by atoms with Gasteiger partial charge in [0.2, 0.25) is 0 Å². The summed E-state index contributed by atoms with van der Waals surface area (Å²) in [6, 6.07) is 19.3. The number of aromatic nitrogens is 2. The summed E-state index contributed by atoms with van der Waals surface area (Å²) in [6.45, 7) is 0. The van der Waals surface area contributed by atoms with Crippen molar-refractivity contribution in [1.29, 1.82) is 0 Å². The van der Waals surface area contributed by atoms with Crippen LogP contribution in [0, 0.1) is 5.82 Å². The van der Waals surface area contributed by atoms with E-state index in [-0.39, 0.29) is 5.82 Å². The fraction of sp³-hybridized carbons (Fsp3) is 0. The Morgan fingerprint density at radius 1 is 1.00 bits per heavy atom. The number of nitrogens with one attached hydrogen (secondary N) is 1. The molecule has 0 atom stereocenters. The molecule has 0 radical (unpaired) electrons. The van der Waals surface area contributed by atoms with E-state index in [1.807, 2.05) is 0 Å². The van der Waals surface area contributed by atoms with E-state index in [0.717, 1.165) is 10.2 Å². The maximum Gasteiger partial charge on any atom is 0.280 e. The lowest BCUT2D eigenvalue weighted by atomic mass is 10.2. The minimum absolute atomic E-state index is 0.201. The van der Waals surface area contributed by atoms with Crippen LogP contribution in [-0.2, 0) is 4.79 Å². The summed E-state index contributed by atoms with van der Waals surface area (Å²) in [4.78, 5) is 30.0. The topological polar surface area (TPSA) is 64.0 Å². The molecule has 0 fully saturated rings. The molecule has 0 unspecified atom stereocenters. The fourth-order valence-electron chi connectivity index (χ4n) is 2.92. The predicted octanol–water partition coefficient (Wildman–Crippen LogP) is 4.64. The maximum absolute atomic E-state index is 13.4. The fourth-order valence-corrected chi connectivity index (χ4v) is 3.05. The molecule has 7 heteroatoms. The van der Waals surface area contributed by atoms with E-state index in [1.54, 1.807) is 54.6 Å². The van der Waals surface area contributed by atoms with Crippen LogP contribution < -0.4 is 11.0 Å². The molecule has 0 saturated carbocycles. The number of nitrogens with zero attached hydrogens (tertiary/aromatic N) is 2. The third-order valence-corrected chi connectivity index (χ3v) is 4.65. The zero-order chi connectivity index (χ0) is 21.1. The van der Waals surface area contributed by atoms with E-state index in [1.165, 1.54) is 30.3 Å². The monoisotopic (exact) mass is 419 g/mol. The van der Waals surface area contributed by atoms with Crippen molar-refractivity contribution in [2.24, 2.45) is 0 Å². The average molecular weight is 420 g/mol. The normalized spacial score (nSPS) is 11.1. The molecule has 4 rings (SSSR count). The van der Waals surface area contributed by atoms with Crippen LogP contribution in [0.25, 0.3) is 28.4 Å². The lowest BCUT2D eigenvalue weighted by molar-refractivity contribution is -0.112. The molecule has 3 aromatic carbocycles. The Labute approximate surface area is 176 Å². The molecule has 30 heavy (non-hydrogen) atoms. The summed E-state index contributed by atoms with van der Waals surface area (Å²) >= 11 is 5.86. The average Bonchev–Trinajstić information content (AvgIpc) is 2.76. The lowest BCUT2D eigenvalue weighted by Gasteiger charge is -2.13. The highest BCUT2D eigenvalue weighted by atomic mass is 35.5. The molecular weight excluding hydrogens is 405 g/mol. The molecule has 0 aliphatic rings. The van der Waals surface area contributed by atoms with Gasteiger partial charge in [-0.1, -0.05) is 35.9 Å². The Bertz CT molecular complexity index is 1310. The molecular formula is C23H15ClFN3O2. The molecule has 4 aromatic rings. The highest BCUT2D eigenvalue weighted by Crippen LogP contribution is 2.19. The van der Waals surface area contributed by atoms with Crippen LogP contribution in [0.15, 0.2) is 83.7 Å². The lowest BCUT2D eigenvalue weighted by Crippen LogP contribution is -2.34. The summed E-state index contributed by atoms with van der Waals surface area (Å²) < 4.78 is 14.4. The summed E-state index contributed by atoms with van der Waals surface area (Å²) in [5.74, 6) is -0.734. The number of para-hydroxylation sites is 1. The van der Waals surface area contributed by atoms with Crippen LogP contribution in [0.1, 0.15) is 5.56 Å². The molecule has 1 aromatic heterocycles. The molecule has 0 bridgehead atoms. The van der Waals surface area contributed by atoms with Crippen molar-refractivity contribution in [1.82, 2.24) is 9.66 Å². The zero-order valence-corrected chi connectivity index (χ0v) is 16.3. The molecule has 1 heterocycles. The van der Waals surface area contributed by atoms with Gasteiger partial charge >= 0.3 is 0 Å². The number of carbonyl (C=O) groups excluding carboxylic acids is 1. The zero-order valence-electron chi connectivity index (χ0n) is 15.5. The van der Waals surface area contributed by atoms with Gasteiger partial charge in [0.25, 0.3) is 11.5 Å². The van der Waals surface area contributed by atoms with E-state index < -0.39 is 17.3 Å². The van der Waals surface area contributed by atoms with E-state index in [2.05, 4.69) is 10.4 Å². The molecule has 0 saturated heterocycles. The second-order valence-electron chi connectivity index (χ2n) is 6.46. The van der Waals surface area contributed by atoms with Crippen molar-refractivity contribution in [3.8, 4) is 11.4 Å². The van der Waals surface area contributed by atoms with Crippen molar-refractivity contribution in [2.75, 3.05) is 5.43 Å². The minimum Gasteiger partial charge on any atom is -0.268 e. The van der Waals surface area contributed by atoms with Crippen LogP contribution in [0.4, 0.5) is 4.39 Å². The number of halogens is 2. The van der Waals surface area contributed by atoms with E-state index in [9.17, 15) is 14.0 Å². The standard InChI is InChI=1S/C23H15ClFN3O2/c24-17-10-5-15(6-11-17)7-14-21(29)27-28-22(16-8-12-18(25)13-9-16)26-20-4-2-1-3-19(20)23(28)30/h1-14H,(H,27,29)/b14-7-. The highest BCUT2D eigenvalue weighted by Gasteiger charge is 2.14.